The highest BCUT2D eigenvalue weighted by atomic mass is 16.7. The number of nitrogens with two attached hydrogens (primary N) is 1. The summed E-state index contributed by atoms with van der Waals surface area (Å²) in [6, 6.07) is 1.21. The number of esters is 1. The number of nitrogens with zero attached hydrogens (tertiary/aromatic N) is 2. The summed E-state index contributed by atoms with van der Waals surface area (Å²) in [5.41, 5.74) is 5.21. The smallest absolute Gasteiger partial charge is 0.312 e. The van der Waals surface area contributed by atoms with Crippen LogP contribution in [0.25, 0.3) is 10.8 Å². The van der Waals surface area contributed by atoms with Crippen LogP contribution in [-0.2, 0) is 23.8 Å². The molecule has 16 heteroatoms. The zero-order chi connectivity index (χ0) is 40.4. The van der Waals surface area contributed by atoms with Crippen LogP contribution >= 0.6 is 0 Å². The van der Waals surface area contributed by atoms with Crippen LogP contribution < -0.4 is 15.8 Å². The average Bonchev–Trinajstić information content (AvgIpc) is 3.38. The molecule has 0 saturated heterocycles. The van der Waals surface area contributed by atoms with Gasteiger partial charge in [0.05, 0.1) is 46.9 Å². The van der Waals surface area contributed by atoms with Crippen molar-refractivity contribution >= 4 is 45.8 Å². The molecule has 0 aromatic heterocycles. The lowest BCUT2D eigenvalue weighted by Crippen LogP contribution is -2.46. The van der Waals surface area contributed by atoms with Gasteiger partial charge >= 0.3 is 11.8 Å². The predicted octanol–water partition coefficient (Wildman–Crippen LogP) is 5.03. The fraction of sp³-hybridized carbons (Fsp3) is 0.474. The van der Waals surface area contributed by atoms with Crippen LogP contribution in [-0.4, -0.2) is 81.4 Å². The molecule has 0 fully saturated rings. The van der Waals surface area contributed by atoms with Gasteiger partial charge in [-0.3, -0.25) is 19.8 Å². The van der Waals surface area contributed by atoms with Gasteiger partial charge in [0, 0.05) is 61.2 Å². The lowest BCUT2D eigenvalue weighted by Gasteiger charge is -2.38. The first-order valence-corrected chi connectivity index (χ1v) is 17.4. The molecule has 0 saturated carbocycles. The fourth-order valence-corrected chi connectivity index (χ4v) is 6.84. The highest BCUT2D eigenvalue weighted by Gasteiger charge is 2.49. The Morgan fingerprint density at radius 3 is 2.30 bits per heavy atom. The maximum absolute atomic E-state index is 14.2. The van der Waals surface area contributed by atoms with Gasteiger partial charge in [-0.1, -0.05) is 45.9 Å². The third-order valence-corrected chi connectivity index (χ3v) is 10.1. The second-order valence-electron chi connectivity index (χ2n) is 14.0. The van der Waals surface area contributed by atoms with Crippen LogP contribution in [0.2, 0.25) is 0 Å². The Kier molecular flexibility index (Phi) is 12.6. The molecule has 8 N–H and O–H groups in total. The number of methoxy groups -OCH3 is 1. The molecule has 0 radical (unpaired) electrons. The molecule has 292 valence electrons. The molecule has 0 spiro atoms. The number of Topliss-reactive ketones (excluding diaryl/α,β-unsaturated/α-hetero) is 1. The standard InChI is InChI=1S/C38H49N5O11/c1-16-11-10-12-17(2)36(50)41-24-15-23(42-43-37(39)40)26-27(32(24)48)31(47)21(6)34-28(26)35(49)38(8,54-34)52-14-13-25(51-9)18(3)33(53-22(7)44)20(5)30(46)19(4)29(16)45/h10-16,18-20,25,29-30,33,45-48H,1-9H3,(H3,39,40)(H,41,50)/b11-10+,14-13+,17-12-,43-42?/t16-,18-,19-,20-,25+,29-,30+,33-,38+/m1/s1. The number of aliphatic hydroxyl groups is 2. The minimum atomic E-state index is -2.02. The van der Waals surface area contributed by atoms with Crippen molar-refractivity contribution in [2.75, 3.05) is 12.4 Å². The number of benzene rings is 2. The molecule has 3 heterocycles. The molecule has 9 atom stereocenters. The Bertz CT molecular complexity index is 1960. The number of aliphatic hydroxyl groups excluding tert-OH is 2. The number of allylic oxidation sites excluding steroid dienone is 2. The van der Waals surface area contributed by atoms with E-state index >= 15 is 0 Å². The molecule has 16 nitrogen and oxygen atoms in total. The fourth-order valence-electron chi connectivity index (χ4n) is 6.84. The Labute approximate surface area is 312 Å². The Morgan fingerprint density at radius 2 is 1.69 bits per heavy atom. The van der Waals surface area contributed by atoms with Crippen molar-refractivity contribution in [3.63, 3.8) is 0 Å². The summed E-state index contributed by atoms with van der Waals surface area (Å²) in [6.07, 6.45) is 3.52. The number of azo groups is 1. The number of anilines is 1. The first-order chi connectivity index (χ1) is 25.2. The van der Waals surface area contributed by atoms with Gasteiger partial charge in [0.25, 0.3) is 11.7 Å². The molecule has 5 rings (SSSR count). The average molecular weight is 752 g/mol. The zero-order valence-electron chi connectivity index (χ0n) is 31.7. The summed E-state index contributed by atoms with van der Waals surface area (Å²) in [4.78, 5) is 39.8. The van der Waals surface area contributed by atoms with E-state index in [4.69, 9.17) is 30.1 Å². The molecule has 3 aliphatic heterocycles. The zero-order valence-corrected chi connectivity index (χ0v) is 31.7. The van der Waals surface area contributed by atoms with Crippen molar-refractivity contribution in [2.45, 2.75) is 85.6 Å². The van der Waals surface area contributed by atoms with Crippen LogP contribution in [0.4, 0.5) is 11.4 Å². The number of hydrogen-bond acceptors (Lipinski definition) is 13. The second-order valence-corrected chi connectivity index (χ2v) is 14.0. The van der Waals surface area contributed by atoms with Gasteiger partial charge in [0.1, 0.15) is 17.6 Å². The van der Waals surface area contributed by atoms with Gasteiger partial charge in [-0.05, 0) is 26.0 Å². The molecule has 2 aromatic rings. The normalized spacial score (nSPS) is 31.7. The van der Waals surface area contributed by atoms with Crippen molar-refractivity contribution in [3.05, 3.63) is 53.3 Å². The summed E-state index contributed by atoms with van der Waals surface area (Å²) >= 11 is 0. The molecule has 0 unspecified atom stereocenters. The topological polar surface area (TPSA) is 256 Å². The Hall–Kier alpha value is -5.32. The summed E-state index contributed by atoms with van der Waals surface area (Å²) in [5, 5.41) is 63.0. The van der Waals surface area contributed by atoms with Crippen LogP contribution in [0, 0.1) is 36.0 Å². The summed E-state index contributed by atoms with van der Waals surface area (Å²) in [5.74, 6) is -8.31. The number of carbonyl (C=O) groups is 3. The molecular formula is C38H49N5O11. The molecule has 0 aliphatic carbocycles. The molecule has 1 amide bonds. The van der Waals surface area contributed by atoms with E-state index in [1.165, 1.54) is 59.3 Å². The first-order valence-electron chi connectivity index (χ1n) is 17.4. The van der Waals surface area contributed by atoms with Gasteiger partial charge in [0.2, 0.25) is 5.96 Å². The number of ketones is 1. The van der Waals surface area contributed by atoms with Gasteiger partial charge in [0.15, 0.2) is 5.75 Å². The maximum atomic E-state index is 14.2. The number of ether oxygens (including phenoxy) is 4. The van der Waals surface area contributed by atoms with Crippen LogP contribution in [0.15, 0.2) is 52.4 Å². The van der Waals surface area contributed by atoms with Gasteiger partial charge in [-0.2, -0.15) is 0 Å². The highest BCUT2D eigenvalue weighted by molar-refractivity contribution is 6.22. The molecular weight excluding hydrogens is 702 g/mol. The number of guanidine groups is 1. The number of nitrogens with one attached hydrogen (secondary N) is 2. The Balaban J connectivity index is 1.95. The number of phenols is 2. The van der Waals surface area contributed by atoms with Crippen molar-refractivity contribution in [3.8, 4) is 17.2 Å². The number of fused-ring (bicyclic) bond motifs is 14. The van der Waals surface area contributed by atoms with E-state index in [1.807, 2.05) is 0 Å². The largest absolute Gasteiger partial charge is 0.507 e. The van der Waals surface area contributed by atoms with Crippen molar-refractivity contribution in [2.24, 2.45) is 39.6 Å². The highest BCUT2D eigenvalue weighted by Crippen LogP contribution is 2.54. The van der Waals surface area contributed by atoms with Crippen molar-refractivity contribution < 1.29 is 53.8 Å². The Morgan fingerprint density at radius 1 is 1.02 bits per heavy atom. The number of amides is 1. The molecule has 54 heavy (non-hydrogen) atoms. The van der Waals surface area contributed by atoms with Crippen molar-refractivity contribution in [1.29, 1.82) is 5.41 Å². The number of rotatable bonds is 3. The van der Waals surface area contributed by atoms with E-state index in [0.717, 1.165) is 0 Å². The van der Waals surface area contributed by atoms with E-state index in [1.54, 1.807) is 39.8 Å². The number of phenolic OH excluding ortho intramolecular Hbond substituents is 2. The lowest BCUT2D eigenvalue weighted by molar-refractivity contribution is -0.160. The maximum Gasteiger partial charge on any atom is 0.312 e. The first kappa shape index (κ1) is 41.4. The van der Waals surface area contributed by atoms with E-state index in [0.29, 0.717) is 0 Å². The van der Waals surface area contributed by atoms with E-state index in [9.17, 15) is 34.8 Å². The van der Waals surface area contributed by atoms with E-state index in [-0.39, 0.29) is 44.6 Å². The summed E-state index contributed by atoms with van der Waals surface area (Å²) in [7, 11) is 1.43. The minimum Gasteiger partial charge on any atom is -0.507 e. The minimum absolute atomic E-state index is 0.0628. The third kappa shape index (κ3) is 8.10. The third-order valence-electron chi connectivity index (χ3n) is 10.1. The lowest BCUT2D eigenvalue weighted by atomic mass is 9.78. The summed E-state index contributed by atoms with van der Waals surface area (Å²) in [6.45, 7) is 12.4. The van der Waals surface area contributed by atoms with Crippen LogP contribution in [0.1, 0.15) is 64.4 Å². The predicted molar refractivity (Wildman–Crippen MR) is 199 cm³/mol. The van der Waals surface area contributed by atoms with Gasteiger partial charge in [-0.25, -0.2) is 0 Å². The molecule has 5 bridgehead atoms. The SMILES string of the molecule is CO[C@H]1/C=C/O[C@@]2(C)Oc3c(C)c(O)c4c(O)c(cc(N=NC(=N)N)c4c3C2=O)NC(=O)/C(C)=C\C=C\[C@@H](C)[C@@H](O)[C@@H](C)[C@H](O)[C@@H](C)[C@H](OC(C)=O)[C@@H]1C. The van der Waals surface area contributed by atoms with Gasteiger partial charge < -0.3 is 50.4 Å². The van der Waals surface area contributed by atoms with Crippen LogP contribution in [0.3, 0.4) is 0 Å². The number of carbonyl (C=O) groups excluding carboxylic acids is 3. The number of aromatic hydroxyl groups is 2. The van der Waals surface area contributed by atoms with E-state index < -0.39 is 89.0 Å². The molecule has 2 aromatic carbocycles. The summed E-state index contributed by atoms with van der Waals surface area (Å²) < 4.78 is 23.4. The van der Waals surface area contributed by atoms with Crippen LogP contribution in [0.5, 0.6) is 17.2 Å². The quantitative estimate of drug-likeness (QED) is 0.0717. The van der Waals surface area contributed by atoms with Crippen molar-refractivity contribution in [1.82, 2.24) is 0 Å². The number of hydrogen-bond donors (Lipinski definition) is 7. The van der Waals surface area contributed by atoms with E-state index in [2.05, 4.69) is 15.5 Å². The second kappa shape index (κ2) is 16.4. The molecule has 3 aliphatic rings. The monoisotopic (exact) mass is 751 g/mol. The van der Waals surface area contributed by atoms with Gasteiger partial charge in [-0.15, -0.1) is 10.2 Å².